The molecule has 1 heterocycles. The number of halogens is 1. The molecule has 0 saturated carbocycles. The molecular weight excluding hydrogens is 340 g/mol. The zero-order chi connectivity index (χ0) is 14.5. The molecule has 0 aliphatic rings. The number of carbonyl (C=O) groups is 2. The van der Waals surface area contributed by atoms with E-state index in [1.165, 1.54) is 18.3 Å². The van der Waals surface area contributed by atoms with Crippen LogP contribution in [0.1, 0.15) is 22.2 Å². The van der Waals surface area contributed by atoms with Crippen LogP contribution in [-0.2, 0) is 11.3 Å². The number of hydrogen-bond acceptors (Lipinski definition) is 3. The van der Waals surface area contributed by atoms with Crippen molar-refractivity contribution in [2.45, 2.75) is 13.5 Å². The molecule has 1 aromatic heterocycles. The molecule has 2 aromatic rings. The average molecular weight is 353 g/mol. The fourth-order valence-electron chi connectivity index (χ4n) is 1.63. The van der Waals surface area contributed by atoms with Crippen molar-refractivity contribution in [1.82, 2.24) is 5.32 Å². The van der Waals surface area contributed by atoms with Crippen LogP contribution in [0.25, 0.3) is 0 Å². The van der Waals surface area contributed by atoms with E-state index in [1.807, 2.05) is 35.7 Å². The second kappa shape index (κ2) is 6.67. The van der Waals surface area contributed by atoms with Gasteiger partial charge >= 0.3 is 0 Å². The lowest BCUT2D eigenvalue weighted by Crippen LogP contribution is -2.22. The van der Waals surface area contributed by atoms with E-state index in [4.69, 9.17) is 0 Å². The maximum absolute atomic E-state index is 11.9. The number of thiophene rings is 1. The number of amides is 2. The van der Waals surface area contributed by atoms with E-state index in [-0.39, 0.29) is 11.8 Å². The Kier molecular flexibility index (Phi) is 4.92. The lowest BCUT2D eigenvalue weighted by Gasteiger charge is -2.06. The Labute approximate surface area is 129 Å². The van der Waals surface area contributed by atoms with E-state index in [2.05, 4.69) is 26.6 Å². The maximum atomic E-state index is 11.9. The van der Waals surface area contributed by atoms with Gasteiger partial charge in [0.05, 0.1) is 0 Å². The van der Waals surface area contributed by atoms with Crippen LogP contribution in [0.3, 0.4) is 0 Å². The molecule has 1 aromatic carbocycles. The summed E-state index contributed by atoms with van der Waals surface area (Å²) in [6.45, 7) is 1.91. The number of anilines is 1. The summed E-state index contributed by atoms with van der Waals surface area (Å²) >= 11 is 4.73. The van der Waals surface area contributed by atoms with Crippen LogP contribution in [0.4, 0.5) is 5.69 Å². The minimum absolute atomic E-state index is 0.0992. The number of benzene rings is 1. The average Bonchev–Trinajstić information content (AvgIpc) is 2.83. The Morgan fingerprint density at radius 3 is 2.45 bits per heavy atom. The molecule has 2 rings (SSSR count). The topological polar surface area (TPSA) is 58.2 Å². The van der Waals surface area contributed by atoms with E-state index in [1.54, 1.807) is 0 Å². The number of rotatable bonds is 4. The lowest BCUT2D eigenvalue weighted by molar-refractivity contribution is -0.114. The van der Waals surface area contributed by atoms with Crippen molar-refractivity contribution in [2.24, 2.45) is 0 Å². The van der Waals surface area contributed by atoms with Crippen molar-refractivity contribution in [2.75, 3.05) is 5.32 Å². The van der Waals surface area contributed by atoms with Gasteiger partial charge in [0.1, 0.15) is 4.88 Å². The first-order chi connectivity index (χ1) is 9.56. The van der Waals surface area contributed by atoms with Crippen molar-refractivity contribution in [3.8, 4) is 0 Å². The maximum Gasteiger partial charge on any atom is 0.262 e. The summed E-state index contributed by atoms with van der Waals surface area (Å²) in [6.07, 6.45) is 0. The van der Waals surface area contributed by atoms with Crippen molar-refractivity contribution < 1.29 is 9.59 Å². The molecule has 4 nitrogen and oxygen atoms in total. The third kappa shape index (κ3) is 3.91. The van der Waals surface area contributed by atoms with E-state index in [0.29, 0.717) is 11.4 Å². The van der Waals surface area contributed by atoms with Crippen LogP contribution < -0.4 is 10.6 Å². The van der Waals surface area contributed by atoms with Gasteiger partial charge in [-0.25, -0.2) is 0 Å². The number of carbonyl (C=O) groups excluding carboxylic acids is 2. The summed E-state index contributed by atoms with van der Waals surface area (Å²) in [7, 11) is 0. The van der Waals surface area contributed by atoms with Crippen molar-refractivity contribution in [3.05, 3.63) is 50.6 Å². The summed E-state index contributed by atoms with van der Waals surface area (Å²) < 4.78 is 0.806. The van der Waals surface area contributed by atoms with Gasteiger partial charge in [0.25, 0.3) is 5.91 Å². The summed E-state index contributed by atoms with van der Waals surface area (Å²) in [5.74, 6) is -0.202. The SMILES string of the molecule is CC(=O)Nc1ccc(CNC(=O)c2sccc2Br)cc1. The van der Waals surface area contributed by atoms with Crippen LogP contribution in [0.2, 0.25) is 0 Å². The van der Waals surface area contributed by atoms with Crippen molar-refractivity contribution >= 4 is 44.8 Å². The molecule has 0 fully saturated rings. The largest absolute Gasteiger partial charge is 0.347 e. The van der Waals surface area contributed by atoms with Crippen LogP contribution in [0.5, 0.6) is 0 Å². The summed E-state index contributed by atoms with van der Waals surface area (Å²) in [5, 5.41) is 7.41. The van der Waals surface area contributed by atoms with Gasteiger partial charge in [-0.1, -0.05) is 12.1 Å². The third-order valence-electron chi connectivity index (χ3n) is 2.55. The first-order valence-corrected chi connectivity index (χ1v) is 7.61. The van der Waals surface area contributed by atoms with Gasteiger partial charge in [-0.2, -0.15) is 0 Å². The highest BCUT2D eigenvalue weighted by atomic mass is 79.9. The molecule has 20 heavy (non-hydrogen) atoms. The van der Waals surface area contributed by atoms with Gasteiger partial charge in [-0.05, 0) is 45.1 Å². The van der Waals surface area contributed by atoms with E-state index in [0.717, 1.165) is 15.7 Å². The predicted molar refractivity (Wildman–Crippen MR) is 83.9 cm³/mol. The Morgan fingerprint density at radius 2 is 1.90 bits per heavy atom. The van der Waals surface area contributed by atoms with Crippen LogP contribution in [-0.4, -0.2) is 11.8 Å². The first kappa shape index (κ1) is 14.7. The fraction of sp³-hybridized carbons (Fsp3) is 0.143. The third-order valence-corrected chi connectivity index (χ3v) is 4.39. The lowest BCUT2D eigenvalue weighted by atomic mass is 10.2. The molecular formula is C14H13BrN2O2S. The highest BCUT2D eigenvalue weighted by Gasteiger charge is 2.10. The predicted octanol–water partition coefficient (Wildman–Crippen LogP) is 3.40. The van der Waals surface area contributed by atoms with Crippen LogP contribution >= 0.6 is 27.3 Å². The summed E-state index contributed by atoms with van der Waals surface area (Å²) in [5.41, 5.74) is 1.72. The highest BCUT2D eigenvalue weighted by Crippen LogP contribution is 2.22. The quantitative estimate of drug-likeness (QED) is 0.885. The summed E-state index contributed by atoms with van der Waals surface area (Å²) in [4.78, 5) is 23.5. The molecule has 0 bridgehead atoms. The minimum atomic E-state index is -0.103. The molecule has 0 aliphatic carbocycles. The highest BCUT2D eigenvalue weighted by molar-refractivity contribution is 9.10. The normalized spacial score (nSPS) is 10.1. The molecule has 0 radical (unpaired) electrons. The Balaban J connectivity index is 1.93. The minimum Gasteiger partial charge on any atom is -0.347 e. The molecule has 0 saturated heterocycles. The van der Waals surface area contributed by atoms with E-state index >= 15 is 0 Å². The molecule has 0 atom stereocenters. The molecule has 2 amide bonds. The van der Waals surface area contributed by atoms with E-state index in [9.17, 15) is 9.59 Å². The molecule has 0 spiro atoms. The first-order valence-electron chi connectivity index (χ1n) is 5.94. The van der Waals surface area contributed by atoms with Gasteiger partial charge in [0, 0.05) is 23.6 Å². The second-order valence-electron chi connectivity index (χ2n) is 4.16. The Hall–Kier alpha value is -1.66. The molecule has 104 valence electrons. The van der Waals surface area contributed by atoms with Crippen LogP contribution in [0, 0.1) is 0 Å². The van der Waals surface area contributed by atoms with Crippen molar-refractivity contribution in [3.63, 3.8) is 0 Å². The zero-order valence-corrected chi connectivity index (χ0v) is 13.2. The van der Waals surface area contributed by atoms with E-state index < -0.39 is 0 Å². The Morgan fingerprint density at radius 1 is 1.20 bits per heavy atom. The Bertz CT molecular complexity index is 622. The molecule has 6 heteroatoms. The van der Waals surface area contributed by atoms with Gasteiger partial charge in [0.15, 0.2) is 0 Å². The van der Waals surface area contributed by atoms with Crippen molar-refractivity contribution in [1.29, 1.82) is 0 Å². The van der Waals surface area contributed by atoms with Gasteiger partial charge in [-0.15, -0.1) is 11.3 Å². The summed E-state index contributed by atoms with van der Waals surface area (Å²) in [6, 6.07) is 9.21. The van der Waals surface area contributed by atoms with Gasteiger partial charge < -0.3 is 10.6 Å². The monoisotopic (exact) mass is 352 g/mol. The second-order valence-corrected chi connectivity index (χ2v) is 5.93. The zero-order valence-electron chi connectivity index (χ0n) is 10.8. The smallest absolute Gasteiger partial charge is 0.262 e. The molecule has 2 N–H and O–H groups in total. The standard InChI is InChI=1S/C14H13BrN2O2S/c1-9(18)17-11-4-2-10(3-5-11)8-16-14(19)13-12(15)6-7-20-13/h2-7H,8H2,1H3,(H,16,19)(H,17,18). The molecule has 0 aliphatic heterocycles. The molecule has 0 unspecified atom stereocenters. The van der Waals surface area contributed by atoms with Gasteiger partial charge in [0.2, 0.25) is 5.91 Å². The van der Waals surface area contributed by atoms with Gasteiger partial charge in [-0.3, -0.25) is 9.59 Å². The fourth-order valence-corrected chi connectivity index (χ4v) is 3.10. The number of nitrogens with one attached hydrogen (secondary N) is 2. The number of hydrogen-bond donors (Lipinski definition) is 2. The van der Waals surface area contributed by atoms with Crippen LogP contribution in [0.15, 0.2) is 40.2 Å².